The van der Waals surface area contributed by atoms with Crippen LogP contribution in [0.3, 0.4) is 0 Å². The molecular formula is C12H12N2O2S. The van der Waals surface area contributed by atoms with Crippen molar-refractivity contribution in [1.82, 2.24) is 4.98 Å². The minimum Gasteiger partial charge on any atom is -0.462 e. The number of thiophene rings is 1. The van der Waals surface area contributed by atoms with Gasteiger partial charge in [0.25, 0.3) is 0 Å². The highest BCUT2D eigenvalue weighted by Gasteiger charge is 2.18. The number of nitrogens with zero attached hydrogens (tertiary/aromatic N) is 1. The highest BCUT2D eigenvalue weighted by atomic mass is 32.1. The Morgan fingerprint density at radius 2 is 2.18 bits per heavy atom. The summed E-state index contributed by atoms with van der Waals surface area (Å²) in [5.41, 5.74) is 8.02. The van der Waals surface area contributed by atoms with Crippen LogP contribution < -0.4 is 5.73 Å². The van der Waals surface area contributed by atoms with Crippen LogP contribution in [0.2, 0.25) is 0 Å². The van der Waals surface area contributed by atoms with Crippen LogP contribution in [0.1, 0.15) is 17.3 Å². The van der Waals surface area contributed by atoms with E-state index in [-0.39, 0.29) is 5.97 Å². The van der Waals surface area contributed by atoms with Crippen molar-refractivity contribution in [2.45, 2.75) is 6.92 Å². The second-order valence-electron chi connectivity index (χ2n) is 3.34. The molecule has 0 aliphatic rings. The van der Waals surface area contributed by atoms with Gasteiger partial charge in [0.05, 0.1) is 17.2 Å². The number of hydrogen-bond donors (Lipinski definition) is 1. The number of hydrogen-bond acceptors (Lipinski definition) is 5. The third-order valence-corrected chi connectivity index (χ3v) is 3.10. The number of esters is 1. The monoisotopic (exact) mass is 248 g/mol. The molecule has 0 saturated heterocycles. The van der Waals surface area contributed by atoms with Crippen LogP contribution in [0, 0.1) is 0 Å². The summed E-state index contributed by atoms with van der Waals surface area (Å²) in [5, 5.41) is 2.34. The van der Waals surface area contributed by atoms with Crippen molar-refractivity contribution in [1.29, 1.82) is 0 Å². The summed E-state index contributed by atoms with van der Waals surface area (Å²) < 4.78 is 5.00. The Labute approximate surface area is 103 Å². The fraction of sp³-hybridized carbons (Fsp3) is 0.167. The third-order valence-electron chi connectivity index (χ3n) is 2.28. The third kappa shape index (κ3) is 2.29. The maximum Gasteiger partial charge on any atom is 0.339 e. The first-order valence-electron chi connectivity index (χ1n) is 5.18. The topological polar surface area (TPSA) is 65.2 Å². The molecule has 0 unspecified atom stereocenters. The van der Waals surface area contributed by atoms with Crippen molar-refractivity contribution in [2.24, 2.45) is 0 Å². The largest absolute Gasteiger partial charge is 0.462 e. The molecule has 0 aliphatic carbocycles. The zero-order valence-corrected chi connectivity index (χ0v) is 10.2. The van der Waals surface area contributed by atoms with Crippen LogP contribution in [-0.4, -0.2) is 17.6 Å². The van der Waals surface area contributed by atoms with E-state index in [1.807, 2.05) is 12.1 Å². The second kappa shape index (κ2) is 4.97. The molecular weight excluding hydrogens is 236 g/mol. The first kappa shape index (κ1) is 11.6. The number of ether oxygens (including phenoxy) is 1. The molecule has 5 heteroatoms. The van der Waals surface area contributed by atoms with E-state index in [1.54, 1.807) is 24.7 Å². The molecule has 88 valence electrons. The molecule has 2 rings (SSSR count). The van der Waals surface area contributed by atoms with Crippen molar-refractivity contribution in [3.05, 3.63) is 35.5 Å². The van der Waals surface area contributed by atoms with Gasteiger partial charge < -0.3 is 10.5 Å². The highest BCUT2D eigenvalue weighted by Crippen LogP contribution is 2.35. The number of carbonyl (C=O) groups is 1. The van der Waals surface area contributed by atoms with Crippen molar-refractivity contribution in [2.75, 3.05) is 12.3 Å². The summed E-state index contributed by atoms with van der Waals surface area (Å²) in [6.45, 7) is 2.13. The minimum absolute atomic E-state index is 0.340. The van der Waals surface area contributed by atoms with E-state index in [2.05, 4.69) is 4.98 Å². The van der Waals surface area contributed by atoms with Crippen LogP contribution >= 0.6 is 11.3 Å². The molecule has 0 fully saturated rings. The molecule has 0 aromatic carbocycles. The Hall–Kier alpha value is -1.88. The molecule has 17 heavy (non-hydrogen) atoms. The molecule has 2 N–H and O–H groups in total. The fourth-order valence-corrected chi connectivity index (χ4v) is 2.35. The van der Waals surface area contributed by atoms with Gasteiger partial charge in [-0.3, -0.25) is 4.98 Å². The van der Waals surface area contributed by atoms with Gasteiger partial charge in [-0.05, 0) is 24.6 Å². The van der Waals surface area contributed by atoms with Crippen molar-refractivity contribution < 1.29 is 9.53 Å². The predicted octanol–water partition coefficient (Wildman–Crippen LogP) is 2.57. The number of nitrogens with two attached hydrogens (primary N) is 1. The predicted molar refractivity (Wildman–Crippen MR) is 67.9 cm³/mol. The first-order valence-corrected chi connectivity index (χ1v) is 6.06. The summed E-state index contributed by atoms with van der Waals surface area (Å²) in [7, 11) is 0. The average molecular weight is 248 g/mol. The maximum atomic E-state index is 11.8. The molecule has 2 heterocycles. The summed E-state index contributed by atoms with van der Waals surface area (Å²) in [6, 6.07) is 3.64. The maximum absolute atomic E-state index is 11.8. The minimum atomic E-state index is -0.340. The van der Waals surface area contributed by atoms with Gasteiger partial charge in [-0.2, -0.15) is 0 Å². The number of pyridine rings is 1. The van der Waals surface area contributed by atoms with Crippen LogP contribution in [0.5, 0.6) is 0 Å². The second-order valence-corrected chi connectivity index (χ2v) is 4.26. The lowest BCUT2D eigenvalue weighted by Gasteiger charge is -2.05. The van der Waals surface area contributed by atoms with Gasteiger partial charge in [-0.1, -0.05) is 0 Å². The lowest BCUT2D eigenvalue weighted by Crippen LogP contribution is -2.05. The highest BCUT2D eigenvalue weighted by molar-refractivity contribution is 7.15. The van der Waals surface area contributed by atoms with Crippen LogP contribution in [-0.2, 0) is 4.74 Å². The number of nitrogen functional groups attached to an aromatic ring is 1. The van der Waals surface area contributed by atoms with E-state index in [0.717, 1.165) is 11.1 Å². The van der Waals surface area contributed by atoms with Gasteiger partial charge in [0.2, 0.25) is 0 Å². The number of aromatic nitrogens is 1. The van der Waals surface area contributed by atoms with Gasteiger partial charge >= 0.3 is 5.97 Å². The van der Waals surface area contributed by atoms with Crippen LogP contribution in [0.15, 0.2) is 29.9 Å². The van der Waals surface area contributed by atoms with Crippen molar-refractivity contribution >= 4 is 22.3 Å². The molecule has 0 amide bonds. The molecule has 2 aromatic rings. The Kier molecular flexibility index (Phi) is 3.39. The fourth-order valence-electron chi connectivity index (χ4n) is 1.55. The summed E-state index contributed by atoms with van der Waals surface area (Å²) in [4.78, 5) is 15.7. The van der Waals surface area contributed by atoms with Gasteiger partial charge in [0, 0.05) is 23.3 Å². The molecule has 2 aromatic heterocycles. The molecule has 0 aliphatic heterocycles. The summed E-state index contributed by atoms with van der Waals surface area (Å²) in [5.74, 6) is -0.340. The summed E-state index contributed by atoms with van der Waals surface area (Å²) in [6.07, 6.45) is 3.34. The zero-order chi connectivity index (χ0) is 12.3. The van der Waals surface area contributed by atoms with Gasteiger partial charge in [-0.15, -0.1) is 11.3 Å². The quantitative estimate of drug-likeness (QED) is 0.848. The lowest BCUT2D eigenvalue weighted by atomic mass is 10.1. The van der Waals surface area contributed by atoms with Crippen LogP contribution in [0.25, 0.3) is 11.1 Å². The van der Waals surface area contributed by atoms with Gasteiger partial charge in [0.15, 0.2) is 0 Å². The van der Waals surface area contributed by atoms with Crippen LogP contribution in [0.4, 0.5) is 5.00 Å². The zero-order valence-electron chi connectivity index (χ0n) is 9.34. The average Bonchev–Trinajstić information content (AvgIpc) is 2.73. The molecule has 0 bridgehead atoms. The molecule has 0 atom stereocenters. The molecule has 4 nitrogen and oxygen atoms in total. The van der Waals surface area contributed by atoms with Gasteiger partial charge in [-0.25, -0.2) is 4.79 Å². The Bertz CT molecular complexity index is 523. The smallest absolute Gasteiger partial charge is 0.339 e. The number of rotatable bonds is 3. The van der Waals surface area contributed by atoms with E-state index in [9.17, 15) is 4.79 Å². The van der Waals surface area contributed by atoms with E-state index in [1.165, 1.54) is 11.3 Å². The molecule has 0 radical (unpaired) electrons. The number of carbonyl (C=O) groups excluding carboxylic acids is 1. The lowest BCUT2D eigenvalue weighted by molar-refractivity contribution is 0.0528. The Morgan fingerprint density at radius 3 is 2.82 bits per heavy atom. The van der Waals surface area contributed by atoms with E-state index >= 15 is 0 Å². The van der Waals surface area contributed by atoms with E-state index in [0.29, 0.717) is 17.2 Å². The Balaban J connectivity index is 2.47. The molecule has 0 spiro atoms. The van der Waals surface area contributed by atoms with E-state index in [4.69, 9.17) is 10.5 Å². The van der Waals surface area contributed by atoms with Crippen molar-refractivity contribution in [3.63, 3.8) is 0 Å². The number of anilines is 1. The SMILES string of the molecule is CCOC(=O)c1csc(N)c1-c1ccncc1. The van der Waals surface area contributed by atoms with Crippen molar-refractivity contribution in [3.8, 4) is 11.1 Å². The standard InChI is InChI=1S/C12H12N2O2S/c1-2-16-12(15)9-7-17-11(13)10(9)8-3-5-14-6-4-8/h3-7H,2,13H2,1H3. The first-order chi connectivity index (χ1) is 8.24. The summed E-state index contributed by atoms with van der Waals surface area (Å²) >= 11 is 1.34. The van der Waals surface area contributed by atoms with Gasteiger partial charge in [0.1, 0.15) is 0 Å². The Morgan fingerprint density at radius 1 is 1.47 bits per heavy atom. The normalized spacial score (nSPS) is 10.2. The molecule has 0 saturated carbocycles. The van der Waals surface area contributed by atoms with E-state index < -0.39 is 0 Å².